The minimum atomic E-state index is -3.05. The van der Waals surface area contributed by atoms with Crippen molar-refractivity contribution >= 4 is 21.2 Å². The molecule has 2 unspecified atom stereocenters. The maximum absolute atomic E-state index is 12.1. The molecular formula is C12H18N2O2S2. The van der Waals surface area contributed by atoms with Gasteiger partial charge in [0.1, 0.15) is 5.01 Å². The fourth-order valence-corrected chi connectivity index (χ4v) is 5.64. The van der Waals surface area contributed by atoms with Crippen LogP contribution in [0.1, 0.15) is 37.1 Å². The number of hydrogen-bond acceptors (Lipinski definition) is 5. The molecule has 3 rings (SSSR count). The zero-order valence-electron chi connectivity index (χ0n) is 10.4. The molecule has 0 aliphatic heterocycles. The van der Waals surface area contributed by atoms with Gasteiger partial charge in [-0.15, -0.1) is 11.3 Å². The predicted molar refractivity (Wildman–Crippen MR) is 72.4 cm³/mol. The Morgan fingerprint density at radius 3 is 2.78 bits per heavy atom. The molecule has 6 heteroatoms. The molecule has 0 bridgehead atoms. The quantitative estimate of drug-likeness (QED) is 0.915. The highest BCUT2D eigenvalue weighted by Gasteiger charge is 2.52. The molecular weight excluding hydrogens is 268 g/mol. The highest BCUT2D eigenvalue weighted by atomic mass is 32.2. The molecule has 18 heavy (non-hydrogen) atoms. The third-order valence-electron chi connectivity index (χ3n) is 3.96. The van der Waals surface area contributed by atoms with Gasteiger partial charge in [0.05, 0.1) is 10.8 Å². The van der Waals surface area contributed by atoms with E-state index >= 15 is 0 Å². The van der Waals surface area contributed by atoms with Gasteiger partial charge in [0.2, 0.25) is 0 Å². The van der Waals surface area contributed by atoms with Crippen molar-refractivity contribution in [2.75, 3.05) is 6.26 Å². The smallest absolute Gasteiger partial charge is 0.152 e. The van der Waals surface area contributed by atoms with Crippen molar-refractivity contribution < 1.29 is 8.42 Å². The lowest BCUT2D eigenvalue weighted by Gasteiger charge is -2.34. The topological polar surface area (TPSA) is 59.1 Å². The molecule has 0 saturated heterocycles. The summed E-state index contributed by atoms with van der Waals surface area (Å²) in [6.07, 6.45) is 8.03. The van der Waals surface area contributed by atoms with Crippen LogP contribution in [0.5, 0.6) is 0 Å². The van der Waals surface area contributed by atoms with E-state index in [1.807, 2.05) is 5.38 Å². The molecule has 1 aromatic rings. The molecule has 0 amide bonds. The first-order valence-electron chi connectivity index (χ1n) is 6.39. The molecule has 2 aliphatic carbocycles. The molecule has 1 aromatic heterocycles. The summed E-state index contributed by atoms with van der Waals surface area (Å²) in [6.45, 7) is 0. The zero-order chi connectivity index (χ0) is 12.8. The van der Waals surface area contributed by atoms with Crippen molar-refractivity contribution in [2.45, 2.75) is 48.9 Å². The Labute approximate surface area is 112 Å². The van der Waals surface area contributed by atoms with Crippen LogP contribution in [0.4, 0.5) is 0 Å². The number of hydrogen-bond donors (Lipinski definition) is 1. The number of sulfone groups is 1. The van der Waals surface area contributed by atoms with Crippen LogP contribution in [0.3, 0.4) is 0 Å². The van der Waals surface area contributed by atoms with Gasteiger partial charge in [-0.2, -0.15) is 0 Å². The first-order valence-corrected chi connectivity index (χ1v) is 9.22. The molecule has 4 nitrogen and oxygen atoms in total. The van der Waals surface area contributed by atoms with Gasteiger partial charge in [-0.25, -0.2) is 13.4 Å². The summed E-state index contributed by atoms with van der Waals surface area (Å²) in [4.78, 5) is 4.41. The van der Waals surface area contributed by atoms with E-state index in [1.54, 1.807) is 17.5 Å². The lowest BCUT2D eigenvalue weighted by atomic mass is 9.97. The van der Waals surface area contributed by atoms with Gasteiger partial charge >= 0.3 is 0 Å². The van der Waals surface area contributed by atoms with Gasteiger partial charge in [-0.3, -0.25) is 0 Å². The van der Waals surface area contributed by atoms with Crippen molar-refractivity contribution in [1.82, 2.24) is 10.3 Å². The van der Waals surface area contributed by atoms with Crippen LogP contribution in [0, 0.1) is 0 Å². The van der Waals surface area contributed by atoms with Crippen LogP contribution >= 0.6 is 11.3 Å². The number of aromatic nitrogens is 1. The monoisotopic (exact) mass is 286 g/mol. The minimum absolute atomic E-state index is 0.322. The lowest BCUT2D eigenvalue weighted by molar-refractivity contribution is 0.336. The van der Waals surface area contributed by atoms with Gasteiger partial charge in [-0.1, -0.05) is 0 Å². The third-order valence-corrected chi connectivity index (χ3v) is 6.58. The third kappa shape index (κ3) is 2.10. The molecule has 0 radical (unpaired) electrons. The van der Waals surface area contributed by atoms with Crippen molar-refractivity contribution in [3.8, 4) is 0 Å². The Morgan fingerprint density at radius 2 is 2.22 bits per heavy atom. The van der Waals surface area contributed by atoms with Crippen LogP contribution in [0.2, 0.25) is 0 Å². The van der Waals surface area contributed by atoms with Gasteiger partial charge in [0.15, 0.2) is 9.84 Å². The Kier molecular flexibility index (Phi) is 2.99. The van der Waals surface area contributed by atoms with E-state index in [-0.39, 0.29) is 5.25 Å². The second kappa shape index (κ2) is 4.28. The molecule has 2 atom stereocenters. The molecule has 1 N–H and O–H groups in total. The largest absolute Gasteiger partial charge is 0.302 e. The van der Waals surface area contributed by atoms with Crippen molar-refractivity contribution in [3.05, 3.63) is 16.6 Å². The van der Waals surface area contributed by atoms with Crippen molar-refractivity contribution in [2.24, 2.45) is 0 Å². The Hall–Kier alpha value is -0.460. The highest BCUT2D eigenvalue weighted by molar-refractivity contribution is 7.91. The van der Waals surface area contributed by atoms with Crippen LogP contribution in [-0.4, -0.2) is 30.9 Å². The Balaban J connectivity index is 2.03. The first-order chi connectivity index (χ1) is 8.52. The fraction of sp³-hybridized carbons (Fsp3) is 0.750. The van der Waals surface area contributed by atoms with E-state index in [2.05, 4.69) is 10.3 Å². The average Bonchev–Trinajstić information content (AvgIpc) is 2.83. The lowest BCUT2D eigenvalue weighted by Crippen LogP contribution is -2.52. The molecule has 0 aromatic carbocycles. The summed E-state index contributed by atoms with van der Waals surface area (Å²) in [5, 5.41) is 6.15. The Bertz CT molecular complexity index is 522. The summed E-state index contributed by atoms with van der Waals surface area (Å²) < 4.78 is 24.2. The van der Waals surface area contributed by atoms with E-state index in [0.717, 1.165) is 37.1 Å². The molecule has 2 aliphatic rings. The molecule has 2 fully saturated rings. The number of rotatable bonds is 4. The van der Waals surface area contributed by atoms with Crippen LogP contribution < -0.4 is 5.32 Å². The van der Waals surface area contributed by atoms with Gasteiger partial charge < -0.3 is 5.32 Å². The van der Waals surface area contributed by atoms with Gasteiger partial charge in [-0.05, 0) is 32.1 Å². The zero-order valence-corrected chi connectivity index (χ0v) is 12.1. The second-order valence-corrected chi connectivity index (χ2v) is 8.56. The van der Waals surface area contributed by atoms with Crippen molar-refractivity contribution in [3.63, 3.8) is 0 Å². The van der Waals surface area contributed by atoms with Gasteiger partial charge in [0.25, 0.3) is 0 Å². The fourth-order valence-electron chi connectivity index (χ4n) is 3.06. The van der Waals surface area contributed by atoms with Gasteiger partial charge in [0, 0.05) is 23.9 Å². The standard InChI is InChI=1S/C12H18N2O2S2/c1-18(15,16)10-3-2-6-12(10,14-9-4-5-9)11-13-7-8-17-11/h7-10,14H,2-6H2,1H3. The summed E-state index contributed by atoms with van der Waals surface area (Å²) >= 11 is 1.57. The highest BCUT2D eigenvalue weighted by Crippen LogP contribution is 2.45. The maximum Gasteiger partial charge on any atom is 0.152 e. The van der Waals surface area contributed by atoms with Crippen LogP contribution in [-0.2, 0) is 15.4 Å². The maximum atomic E-state index is 12.1. The van der Waals surface area contributed by atoms with E-state index in [0.29, 0.717) is 6.04 Å². The summed E-state index contributed by atoms with van der Waals surface area (Å²) in [7, 11) is -3.05. The number of nitrogens with one attached hydrogen (secondary N) is 1. The van der Waals surface area contributed by atoms with Crippen molar-refractivity contribution in [1.29, 1.82) is 0 Å². The summed E-state index contributed by atoms with van der Waals surface area (Å²) in [5.74, 6) is 0. The molecule has 2 saturated carbocycles. The van der Waals surface area contributed by atoms with Crippen LogP contribution in [0.15, 0.2) is 11.6 Å². The number of nitrogens with zero attached hydrogens (tertiary/aromatic N) is 1. The molecule has 1 heterocycles. The second-order valence-electron chi connectivity index (χ2n) is 5.44. The van der Waals surface area contributed by atoms with E-state index < -0.39 is 15.4 Å². The first kappa shape index (κ1) is 12.6. The molecule has 0 spiro atoms. The SMILES string of the molecule is CS(=O)(=O)C1CCCC1(NC1CC1)c1nccs1. The van der Waals surface area contributed by atoms with Crippen LogP contribution in [0.25, 0.3) is 0 Å². The number of thiazole rings is 1. The minimum Gasteiger partial charge on any atom is -0.302 e. The average molecular weight is 286 g/mol. The summed E-state index contributed by atoms with van der Waals surface area (Å²) in [5.41, 5.74) is -0.428. The van der Waals surface area contributed by atoms with E-state index in [9.17, 15) is 8.42 Å². The van der Waals surface area contributed by atoms with E-state index in [1.165, 1.54) is 6.26 Å². The molecule has 100 valence electrons. The Morgan fingerprint density at radius 1 is 1.44 bits per heavy atom. The van der Waals surface area contributed by atoms with E-state index in [4.69, 9.17) is 0 Å². The predicted octanol–water partition coefficient (Wildman–Crippen LogP) is 1.69. The summed E-state index contributed by atoms with van der Waals surface area (Å²) in [6, 6.07) is 0.483. The normalized spacial score (nSPS) is 32.8.